The lowest BCUT2D eigenvalue weighted by atomic mass is 10.2. The topological polar surface area (TPSA) is 73.3 Å². The van der Waals surface area contributed by atoms with Crippen molar-refractivity contribution in [2.24, 2.45) is 5.73 Å². The average molecular weight is 190 g/mol. The van der Waals surface area contributed by atoms with E-state index in [2.05, 4.69) is 10.1 Å². The molecule has 2 aromatic heterocycles. The number of primary amides is 1. The van der Waals surface area contributed by atoms with Gasteiger partial charge in [0.1, 0.15) is 0 Å². The lowest BCUT2D eigenvalue weighted by Gasteiger charge is -2.02. The average Bonchev–Trinajstić information content (AvgIpc) is 2.46. The monoisotopic (exact) mass is 190 g/mol. The van der Waals surface area contributed by atoms with E-state index in [9.17, 15) is 4.79 Å². The van der Waals surface area contributed by atoms with Crippen molar-refractivity contribution < 1.29 is 4.79 Å². The van der Waals surface area contributed by atoms with E-state index in [4.69, 9.17) is 5.73 Å². The number of hydrogen-bond donors (Lipinski definition) is 1. The zero-order chi connectivity index (χ0) is 10.3. The molecule has 2 N–H and O–H groups in total. The Hall–Kier alpha value is -1.91. The first kappa shape index (κ1) is 8.68. The normalized spacial score (nSPS) is 10.7. The largest absolute Gasteiger partial charge is 0.365 e. The number of amides is 1. The first-order valence-electron chi connectivity index (χ1n) is 4.21. The molecule has 5 heteroatoms. The van der Waals surface area contributed by atoms with Crippen molar-refractivity contribution in [1.82, 2.24) is 14.6 Å². The van der Waals surface area contributed by atoms with E-state index in [0.717, 1.165) is 17.0 Å². The molecule has 0 fully saturated rings. The van der Waals surface area contributed by atoms with E-state index in [1.54, 1.807) is 11.4 Å². The SMILES string of the molecule is Cc1cc2ncc(C(N)=O)c(C)n2n1. The highest BCUT2D eigenvalue weighted by Gasteiger charge is 2.10. The molecule has 2 heterocycles. The highest BCUT2D eigenvalue weighted by molar-refractivity contribution is 5.93. The molecule has 0 radical (unpaired) electrons. The van der Waals surface area contributed by atoms with Crippen molar-refractivity contribution in [2.45, 2.75) is 13.8 Å². The molecule has 0 aromatic carbocycles. The summed E-state index contributed by atoms with van der Waals surface area (Å²) in [5, 5.41) is 4.20. The van der Waals surface area contributed by atoms with Crippen LogP contribution in [0.5, 0.6) is 0 Å². The number of nitrogens with two attached hydrogens (primary N) is 1. The number of rotatable bonds is 1. The van der Waals surface area contributed by atoms with Crippen LogP contribution in [0.1, 0.15) is 21.7 Å². The number of carbonyl (C=O) groups is 1. The maximum absolute atomic E-state index is 11.0. The maximum atomic E-state index is 11.0. The molecule has 0 bridgehead atoms. The summed E-state index contributed by atoms with van der Waals surface area (Å²) in [5.74, 6) is -0.481. The summed E-state index contributed by atoms with van der Waals surface area (Å²) in [6.45, 7) is 3.67. The summed E-state index contributed by atoms with van der Waals surface area (Å²) in [6.07, 6.45) is 1.48. The molecule has 1 amide bonds. The summed E-state index contributed by atoms with van der Waals surface area (Å²) < 4.78 is 1.62. The smallest absolute Gasteiger partial charge is 0.252 e. The Morgan fingerprint density at radius 3 is 2.86 bits per heavy atom. The van der Waals surface area contributed by atoms with Gasteiger partial charge in [-0.2, -0.15) is 5.10 Å². The van der Waals surface area contributed by atoms with E-state index in [1.807, 2.05) is 13.0 Å². The third-order valence-electron chi connectivity index (χ3n) is 2.11. The number of aryl methyl sites for hydroxylation is 2. The van der Waals surface area contributed by atoms with Gasteiger partial charge in [-0.15, -0.1) is 0 Å². The van der Waals surface area contributed by atoms with E-state index in [0.29, 0.717) is 5.56 Å². The second kappa shape index (κ2) is 2.80. The van der Waals surface area contributed by atoms with Crippen LogP contribution in [0.3, 0.4) is 0 Å². The van der Waals surface area contributed by atoms with Crippen molar-refractivity contribution in [2.75, 3.05) is 0 Å². The van der Waals surface area contributed by atoms with Gasteiger partial charge in [0.25, 0.3) is 5.91 Å². The molecule has 2 aromatic rings. The molecule has 0 atom stereocenters. The Morgan fingerprint density at radius 2 is 2.21 bits per heavy atom. The van der Waals surface area contributed by atoms with Gasteiger partial charge >= 0.3 is 0 Å². The molecule has 14 heavy (non-hydrogen) atoms. The first-order valence-corrected chi connectivity index (χ1v) is 4.21. The van der Waals surface area contributed by atoms with Gasteiger partial charge in [-0.3, -0.25) is 4.79 Å². The fraction of sp³-hybridized carbons (Fsp3) is 0.222. The Balaban J connectivity index is 2.80. The van der Waals surface area contributed by atoms with E-state index < -0.39 is 5.91 Å². The van der Waals surface area contributed by atoms with Gasteiger partial charge in [0.2, 0.25) is 0 Å². The van der Waals surface area contributed by atoms with Crippen molar-refractivity contribution in [3.8, 4) is 0 Å². The van der Waals surface area contributed by atoms with Crippen molar-refractivity contribution in [3.63, 3.8) is 0 Å². The van der Waals surface area contributed by atoms with Gasteiger partial charge in [0.15, 0.2) is 5.65 Å². The van der Waals surface area contributed by atoms with Crippen LogP contribution in [-0.4, -0.2) is 20.5 Å². The predicted octanol–water partition coefficient (Wildman–Crippen LogP) is 0.445. The first-order chi connectivity index (χ1) is 6.59. The third kappa shape index (κ3) is 1.14. The van der Waals surface area contributed by atoms with E-state index in [1.165, 1.54) is 6.20 Å². The number of aromatic nitrogens is 3. The summed E-state index contributed by atoms with van der Waals surface area (Å²) in [6, 6.07) is 1.85. The second-order valence-corrected chi connectivity index (χ2v) is 3.18. The van der Waals surface area contributed by atoms with Crippen molar-refractivity contribution in [1.29, 1.82) is 0 Å². The molecular weight excluding hydrogens is 180 g/mol. The minimum Gasteiger partial charge on any atom is -0.365 e. The molecule has 2 rings (SSSR count). The highest BCUT2D eigenvalue weighted by atomic mass is 16.1. The molecule has 0 aliphatic rings. The molecule has 0 saturated carbocycles. The van der Waals surface area contributed by atoms with Gasteiger partial charge in [0.05, 0.1) is 17.0 Å². The maximum Gasteiger partial charge on any atom is 0.252 e. The fourth-order valence-corrected chi connectivity index (χ4v) is 1.40. The van der Waals surface area contributed by atoms with Crippen LogP contribution >= 0.6 is 0 Å². The third-order valence-corrected chi connectivity index (χ3v) is 2.11. The summed E-state index contributed by atoms with van der Waals surface area (Å²) >= 11 is 0. The van der Waals surface area contributed by atoms with Gasteiger partial charge in [-0.1, -0.05) is 0 Å². The number of hydrogen-bond acceptors (Lipinski definition) is 3. The van der Waals surface area contributed by atoms with Crippen LogP contribution in [0.2, 0.25) is 0 Å². The van der Waals surface area contributed by atoms with Crippen molar-refractivity contribution in [3.05, 3.63) is 29.2 Å². The highest BCUT2D eigenvalue weighted by Crippen LogP contribution is 2.09. The summed E-state index contributed by atoms with van der Waals surface area (Å²) in [7, 11) is 0. The molecular formula is C9H10N4O. The van der Waals surface area contributed by atoms with Crippen LogP contribution in [0.15, 0.2) is 12.3 Å². The minimum absolute atomic E-state index is 0.403. The Labute approximate surface area is 80.6 Å². The molecule has 0 unspecified atom stereocenters. The Kier molecular flexibility index (Phi) is 1.73. The van der Waals surface area contributed by atoms with Crippen LogP contribution in [-0.2, 0) is 0 Å². The standard InChI is InChI=1S/C9H10N4O/c1-5-3-8-11-4-7(9(10)14)6(2)13(8)12-5/h3-4H,1-2H3,(H2,10,14). The van der Waals surface area contributed by atoms with Gasteiger partial charge < -0.3 is 5.73 Å². The van der Waals surface area contributed by atoms with Crippen LogP contribution < -0.4 is 5.73 Å². The predicted molar refractivity (Wildman–Crippen MR) is 51.0 cm³/mol. The molecule has 5 nitrogen and oxygen atoms in total. The van der Waals surface area contributed by atoms with Crippen LogP contribution in [0, 0.1) is 13.8 Å². The molecule has 0 aliphatic carbocycles. The summed E-state index contributed by atoms with van der Waals surface area (Å²) in [5.41, 5.74) is 7.90. The Morgan fingerprint density at radius 1 is 1.50 bits per heavy atom. The zero-order valence-corrected chi connectivity index (χ0v) is 7.98. The second-order valence-electron chi connectivity index (χ2n) is 3.18. The lowest BCUT2D eigenvalue weighted by Crippen LogP contribution is -2.15. The number of fused-ring (bicyclic) bond motifs is 1. The van der Waals surface area contributed by atoms with Crippen molar-refractivity contribution >= 4 is 11.6 Å². The number of nitrogens with zero attached hydrogens (tertiary/aromatic N) is 3. The van der Waals surface area contributed by atoms with Crippen LogP contribution in [0.25, 0.3) is 5.65 Å². The van der Waals surface area contributed by atoms with Crippen LogP contribution in [0.4, 0.5) is 0 Å². The lowest BCUT2D eigenvalue weighted by molar-refractivity contribution is 0.0998. The molecule has 0 aliphatic heterocycles. The van der Waals surface area contributed by atoms with E-state index in [-0.39, 0.29) is 0 Å². The zero-order valence-electron chi connectivity index (χ0n) is 7.98. The molecule has 0 spiro atoms. The number of carbonyl (C=O) groups excluding carboxylic acids is 1. The van der Waals surface area contributed by atoms with Gasteiger partial charge in [-0.25, -0.2) is 9.50 Å². The molecule has 72 valence electrons. The van der Waals surface area contributed by atoms with Gasteiger partial charge in [0, 0.05) is 12.3 Å². The summed E-state index contributed by atoms with van der Waals surface area (Å²) in [4.78, 5) is 15.1. The van der Waals surface area contributed by atoms with Gasteiger partial charge in [-0.05, 0) is 13.8 Å². The minimum atomic E-state index is -0.481. The van der Waals surface area contributed by atoms with E-state index >= 15 is 0 Å². The quantitative estimate of drug-likeness (QED) is 0.709. The fourth-order valence-electron chi connectivity index (χ4n) is 1.40. The molecule has 0 saturated heterocycles. The Bertz CT molecular complexity index is 515.